The van der Waals surface area contributed by atoms with Gasteiger partial charge in [0.1, 0.15) is 5.75 Å². The third-order valence-corrected chi connectivity index (χ3v) is 5.38. The molecule has 5 nitrogen and oxygen atoms in total. The standard InChI is InChI=1S/C19H23NO4S/c1-13(20-22)18(5-4-6-19(21)24-3)25-17-10-8-14-11-16(23-2)9-7-15(14)12-17/h7-12,18,22H,4-6H2,1-3H3/b20-13+. The van der Waals surface area contributed by atoms with Crippen LogP contribution in [0.3, 0.4) is 0 Å². The molecule has 2 rings (SSSR count). The Morgan fingerprint density at radius 3 is 2.60 bits per heavy atom. The molecule has 1 atom stereocenters. The topological polar surface area (TPSA) is 68.1 Å². The maximum absolute atomic E-state index is 11.3. The molecule has 0 amide bonds. The van der Waals surface area contributed by atoms with Crippen LogP contribution >= 0.6 is 11.8 Å². The fourth-order valence-electron chi connectivity index (χ4n) is 2.52. The van der Waals surface area contributed by atoms with Crippen molar-refractivity contribution in [3.63, 3.8) is 0 Å². The van der Waals surface area contributed by atoms with Crippen LogP contribution in [0.1, 0.15) is 26.2 Å². The van der Waals surface area contributed by atoms with Gasteiger partial charge in [0.15, 0.2) is 0 Å². The van der Waals surface area contributed by atoms with Crippen molar-refractivity contribution in [3.05, 3.63) is 36.4 Å². The molecular formula is C19H23NO4S. The predicted octanol–water partition coefficient (Wildman–Crippen LogP) is 4.50. The monoisotopic (exact) mass is 361 g/mol. The second-order valence-electron chi connectivity index (χ2n) is 5.69. The number of carbonyl (C=O) groups excluding carboxylic acids is 1. The van der Waals surface area contributed by atoms with E-state index in [2.05, 4.69) is 22.0 Å². The van der Waals surface area contributed by atoms with Gasteiger partial charge in [-0.2, -0.15) is 0 Å². The van der Waals surface area contributed by atoms with E-state index in [1.54, 1.807) is 25.8 Å². The Morgan fingerprint density at radius 1 is 1.20 bits per heavy atom. The van der Waals surface area contributed by atoms with E-state index >= 15 is 0 Å². The van der Waals surface area contributed by atoms with Gasteiger partial charge in [-0.05, 0) is 54.8 Å². The van der Waals surface area contributed by atoms with Crippen molar-refractivity contribution in [2.45, 2.75) is 36.3 Å². The summed E-state index contributed by atoms with van der Waals surface area (Å²) in [5.74, 6) is 0.610. The minimum absolute atomic E-state index is 0.00496. The molecule has 0 aromatic heterocycles. The zero-order valence-electron chi connectivity index (χ0n) is 14.7. The number of ether oxygens (including phenoxy) is 2. The molecule has 1 unspecified atom stereocenters. The summed E-state index contributed by atoms with van der Waals surface area (Å²) in [6.07, 6.45) is 1.78. The van der Waals surface area contributed by atoms with E-state index in [0.717, 1.165) is 27.8 Å². The summed E-state index contributed by atoms with van der Waals surface area (Å²) in [6.45, 7) is 1.79. The molecule has 6 heteroatoms. The van der Waals surface area contributed by atoms with Crippen molar-refractivity contribution in [2.24, 2.45) is 5.16 Å². The first-order chi connectivity index (χ1) is 12.1. The number of rotatable bonds is 8. The molecule has 0 bridgehead atoms. The summed E-state index contributed by atoms with van der Waals surface area (Å²) >= 11 is 1.63. The Bertz CT molecular complexity index is 760. The zero-order valence-corrected chi connectivity index (χ0v) is 15.5. The number of oxime groups is 1. The van der Waals surface area contributed by atoms with E-state index < -0.39 is 0 Å². The van der Waals surface area contributed by atoms with Crippen molar-refractivity contribution >= 4 is 34.2 Å². The molecule has 0 aliphatic rings. The molecule has 0 radical (unpaired) electrons. The number of nitrogens with zero attached hydrogens (tertiary/aromatic N) is 1. The van der Waals surface area contributed by atoms with E-state index in [0.29, 0.717) is 18.6 Å². The number of esters is 1. The van der Waals surface area contributed by atoms with Gasteiger partial charge in [-0.1, -0.05) is 17.3 Å². The van der Waals surface area contributed by atoms with Gasteiger partial charge in [-0.15, -0.1) is 11.8 Å². The van der Waals surface area contributed by atoms with Crippen LogP contribution in [-0.2, 0) is 9.53 Å². The normalized spacial score (nSPS) is 12.8. The molecule has 2 aromatic rings. The number of methoxy groups -OCH3 is 2. The second kappa shape index (κ2) is 9.32. The maximum Gasteiger partial charge on any atom is 0.305 e. The fourth-order valence-corrected chi connectivity index (χ4v) is 3.69. The van der Waals surface area contributed by atoms with Gasteiger partial charge in [0.25, 0.3) is 0 Å². The van der Waals surface area contributed by atoms with E-state index in [1.807, 2.05) is 24.3 Å². The fraction of sp³-hybridized carbons (Fsp3) is 0.368. The average molecular weight is 361 g/mol. The Morgan fingerprint density at radius 2 is 1.92 bits per heavy atom. The molecule has 0 saturated carbocycles. The number of carbonyl (C=O) groups is 1. The quantitative estimate of drug-likeness (QED) is 0.246. The lowest BCUT2D eigenvalue weighted by atomic mass is 10.1. The second-order valence-corrected chi connectivity index (χ2v) is 6.97. The van der Waals surface area contributed by atoms with Crippen molar-refractivity contribution in [1.29, 1.82) is 0 Å². The average Bonchev–Trinajstić information content (AvgIpc) is 2.65. The van der Waals surface area contributed by atoms with Crippen LogP contribution in [-0.4, -0.2) is 36.4 Å². The zero-order chi connectivity index (χ0) is 18.2. The van der Waals surface area contributed by atoms with E-state index in [4.69, 9.17) is 9.94 Å². The first kappa shape index (κ1) is 19.1. The van der Waals surface area contributed by atoms with Gasteiger partial charge in [-0.3, -0.25) is 4.79 Å². The molecule has 0 spiro atoms. The van der Waals surface area contributed by atoms with Crippen LogP contribution in [0, 0.1) is 0 Å². The maximum atomic E-state index is 11.3. The molecule has 0 aliphatic heterocycles. The van der Waals surface area contributed by atoms with Crippen molar-refractivity contribution in [1.82, 2.24) is 0 Å². The van der Waals surface area contributed by atoms with Crippen molar-refractivity contribution in [2.75, 3.05) is 14.2 Å². The highest BCUT2D eigenvalue weighted by atomic mass is 32.2. The van der Waals surface area contributed by atoms with Gasteiger partial charge < -0.3 is 14.7 Å². The number of hydrogen-bond donors (Lipinski definition) is 1. The molecule has 0 aliphatic carbocycles. The van der Waals surface area contributed by atoms with Gasteiger partial charge >= 0.3 is 5.97 Å². The first-order valence-electron chi connectivity index (χ1n) is 8.07. The summed E-state index contributed by atoms with van der Waals surface area (Å²) in [4.78, 5) is 12.4. The SMILES string of the molecule is COC(=O)CCCC(Sc1ccc2cc(OC)ccc2c1)/C(C)=N/O. The molecule has 134 valence electrons. The molecule has 0 heterocycles. The van der Waals surface area contributed by atoms with Crippen LogP contribution in [0.4, 0.5) is 0 Å². The molecule has 0 saturated heterocycles. The third kappa shape index (κ3) is 5.39. The Hall–Kier alpha value is -2.21. The first-order valence-corrected chi connectivity index (χ1v) is 8.95. The van der Waals surface area contributed by atoms with Gasteiger partial charge in [0, 0.05) is 11.3 Å². The summed E-state index contributed by atoms with van der Waals surface area (Å²) in [5.41, 5.74) is 0.643. The Labute approximate surface area is 152 Å². The number of fused-ring (bicyclic) bond motifs is 1. The number of hydrogen-bond acceptors (Lipinski definition) is 6. The van der Waals surface area contributed by atoms with E-state index in [1.165, 1.54) is 7.11 Å². The highest BCUT2D eigenvalue weighted by molar-refractivity contribution is 8.00. The minimum Gasteiger partial charge on any atom is -0.497 e. The molecule has 25 heavy (non-hydrogen) atoms. The summed E-state index contributed by atoms with van der Waals surface area (Å²) < 4.78 is 9.92. The smallest absolute Gasteiger partial charge is 0.305 e. The Kier molecular flexibility index (Phi) is 7.13. The van der Waals surface area contributed by atoms with Crippen LogP contribution < -0.4 is 4.74 Å². The van der Waals surface area contributed by atoms with Crippen LogP contribution in [0.25, 0.3) is 10.8 Å². The van der Waals surface area contributed by atoms with Crippen LogP contribution in [0.15, 0.2) is 46.4 Å². The van der Waals surface area contributed by atoms with Crippen LogP contribution in [0.2, 0.25) is 0 Å². The van der Waals surface area contributed by atoms with E-state index in [9.17, 15) is 4.79 Å². The molecule has 0 fully saturated rings. The van der Waals surface area contributed by atoms with E-state index in [-0.39, 0.29) is 11.2 Å². The Balaban J connectivity index is 2.11. The largest absolute Gasteiger partial charge is 0.497 e. The third-order valence-electron chi connectivity index (χ3n) is 4.00. The summed E-state index contributed by atoms with van der Waals surface area (Å²) in [6, 6.07) is 12.2. The van der Waals surface area contributed by atoms with Crippen LogP contribution in [0.5, 0.6) is 5.75 Å². The number of benzene rings is 2. The highest BCUT2D eigenvalue weighted by Crippen LogP contribution is 2.31. The molecule has 1 N–H and O–H groups in total. The van der Waals surface area contributed by atoms with Gasteiger partial charge in [0.05, 0.1) is 25.2 Å². The van der Waals surface area contributed by atoms with Crippen molar-refractivity contribution < 1.29 is 19.5 Å². The highest BCUT2D eigenvalue weighted by Gasteiger charge is 2.16. The molecular weight excluding hydrogens is 338 g/mol. The van der Waals surface area contributed by atoms with Gasteiger partial charge in [-0.25, -0.2) is 0 Å². The summed E-state index contributed by atoms with van der Waals surface area (Å²) in [5, 5.41) is 14.7. The lowest BCUT2D eigenvalue weighted by Crippen LogP contribution is -2.15. The molecule has 2 aromatic carbocycles. The summed E-state index contributed by atoms with van der Waals surface area (Å²) in [7, 11) is 3.04. The predicted molar refractivity (Wildman–Crippen MR) is 101 cm³/mol. The number of thioether (sulfide) groups is 1. The lowest BCUT2D eigenvalue weighted by Gasteiger charge is -2.15. The minimum atomic E-state index is -0.220. The van der Waals surface area contributed by atoms with Gasteiger partial charge in [0.2, 0.25) is 0 Å². The lowest BCUT2D eigenvalue weighted by molar-refractivity contribution is -0.140. The van der Waals surface area contributed by atoms with Crippen molar-refractivity contribution in [3.8, 4) is 5.75 Å².